The summed E-state index contributed by atoms with van der Waals surface area (Å²) in [6.45, 7) is 2.49. The van der Waals surface area contributed by atoms with Gasteiger partial charge < -0.3 is 15.0 Å². The van der Waals surface area contributed by atoms with E-state index in [0.717, 1.165) is 6.42 Å². The molecule has 11 heavy (non-hydrogen) atoms. The first-order valence-electron chi connectivity index (χ1n) is 3.86. The Labute approximate surface area is 65.7 Å². The number of hydroxylamine groups is 2. The molecule has 1 saturated heterocycles. The van der Waals surface area contributed by atoms with Gasteiger partial charge in [-0.15, -0.1) is 0 Å². The molecule has 1 aliphatic rings. The lowest BCUT2D eigenvalue weighted by Crippen LogP contribution is -3.17. The van der Waals surface area contributed by atoms with E-state index in [4.69, 9.17) is 4.74 Å². The monoisotopic (exact) mass is 159 g/mol. The normalized spacial score (nSPS) is 29.3. The van der Waals surface area contributed by atoms with Crippen molar-refractivity contribution in [3.8, 4) is 0 Å². The molecule has 0 spiro atoms. The number of quaternary nitrogens is 1. The predicted molar refractivity (Wildman–Crippen MR) is 38.9 cm³/mol. The van der Waals surface area contributed by atoms with Gasteiger partial charge in [0, 0.05) is 19.8 Å². The average molecular weight is 159 g/mol. The highest BCUT2D eigenvalue weighted by Gasteiger charge is 2.25. The van der Waals surface area contributed by atoms with E-state index in [1.807, 2.05) is 0 Å². The Morgan fingerprint density at radius 1 is 1.82 bits per heavy atom. The molecule has 1 fully saturated rings. The SMILES string of the molecule is CC(=O)OCCC1CC[NH+]1[O-]. The molecule has 0 saturated carbocycles. The standard InChI is InChI=1S/C7H13NO3/c1-6(9)11-5-3-7-2-4-8(7)10/h7-8H,2-5H2,1H3. The quantitative estimate of drug-likeness (QED) is 0.428. The van der Waals surface area contributed by atoms with Crippen LogP contribution >= 0.6 is 0 Å². The van der Waals surface area contributed by atoms with Crippen molar-refractivity contribution in [3.05, 3.63) is 5.21 Å². The second-order valence-corrected chi connectivity index (χ2v) is 2.83. The third-order valence-electron chi connectivity index (χ3n) is 1.97. The van der Waals surface area contributed by atoms with Gasteiger partial charge in [0.05, 0.1) is 19.2 Å². The number of nitrogens with one attached hydrogen (secondary N) is 1. The third-order valence-corrected chi connectivity index (χ3v) is 1.97. The fraction of sp³-hybridized carbons (Fsp3) is 0.857. The highest BCUT2D eigenvalue weighted by molar-refractivity contribution is 5.65. The van der Waals surface area contributed by atoms with Crippen LogP contribution in [0.15, 0.2) is 0 Å². The highest BCUT2D eigenvalue weighted by Crippen LogP contribution is 2.00. The molecular formula is C7H13NO3. The summed E-state index contributed by atoms with van der Waals surface area (Å²) < 4.78 is 4.71. The van der Waals surface area contributed by atoms with Crippen LogP contribution in [0.25, 0.3) is 0 Å². The van der Waals surface area contributed by atoms with Gasteiger partial charge in [0.1, 0.15) is 0 Å². The first-order chi connectivity index (χ1) is 5.20. The first-order valence-corrected chi connectivity index (χ1v) is 3.86. The largest absolute Gasteiger partial charge is 0.634 e. The van der Waals surface area contributed by atoms with Crippen molar-refractivity contribution in [2.75, 3.05) is 13.2 Å². The van der Waals surface area contributed by atoms with Crippen molar-refractivity contribution < 1.29 is 14.6 Å². The molecule has 1 heterocycles. The molecule has 0 amide bonds. The van der Waals surface area contributed by atoms with Gasteiger partial charge in [0.15, 0.2) is 0 Å². The van der Waals surface area contributed by atoms with Crippen molar-refractivity contribution in [1.82, 2.24) is 0 Å². The Hall–Kier alpha value is -0.610. The molecule has 1 N–H and O–H groups in total. The maximum absolute atomic E-state index is 10.8. The fourth-order valence-corrected chi connectivity index (χ4v) is 1.12. The van der Waals surface area contributed by atoms with E-state index in [9.17, 15) is 10.0 Å². The molecule has 2 unspecified atom stereocenters. The van der Waals surface area contributed by atoms with Crippen LogP contribution in [0.5, 0.6) is 0 Å². The Balaban J connectivity index is 1.99. The zero-order valence-electron chi connectivity index (χ0n) is 6.63. The summed E-state index contributed by atoms with van der Waals surface area (Å²) in [5, 5.41) is 11.1. The molecule has 0 aromatic heterocycles. The lowest BCUT2D eigenvalue weighted by molar-refractivity contribution is -0.920. The van der Waals surface area contributed by atoms with Crippen molar-refractivity contribution in [2.45, 2.75) is 25.8 Å². The van der Waals surface area contributed by atoms with E-state index in [1.165, 1.54) is 6.92 Å². The van der Waals surface area contributed by atoms with Crippen LogP contribution in [0.3, 0.4) is 0 Å². The van der Waals surface area contributed by atoms with Crippen LogP contribution < -0.4 is 5.06 Å². The number of esters is 1. The minimum Gasteiger partial charge on any atom is -0.634 e. The number of carbonyl (C=O) groups is 1. The number of rotatable bonds is 3. The molecule has 64 valence electrons. The molecule has 0 aromatic rings. The van der Waals surface area contributed by atoms with Crippen LogP contribution in [0.2, 0.25) is 0 Å². The maximum Gasteiger partial charge on any atom is 0.302 e. The zero-order valence-corrected chi connectivity index (χ0v) is 6.63. The second-order valence-electron chi connectivity index (χ2n) is 2.83. The van der Waals surface area contributed by atoms with Crippen LogP contribution in [0.1, 0.15) is 19.8 Å². The smallest absolute Gasteiger partial charge is 0.302 e. The topological polar surface area (TPSA) is 53.8 Å². The van der Waals surface area contributed by atoms with Crippen molar-refractivity contribution >= 4 is 5.97 Å². The van der Waals surface area contributed by atoms with E-state index < -0.39 is 0 Å². The van der Waals surface area contributed by atoms with Crippen LogP contribution in [-0.2, 0) is 9.53 Å². The van der Waals surface area contributed by atoms with E-state index in [0.29, 0.717) is 24.6 Å². The van der Waals surface area contributed by atoms with E-state index in [2.05, 4.69) is 0 Å². The second kappa shape index (κ2) is 3.69. The number of ether oxygens (including phenoxy) is 1. The fourth-order valence-electron chi connectivity index (χ4n) is 1.12. The van der Waals surface area contributed by atoms with E-state index >= 15 is 0 Å². The molecule has 1 aliphatic heterocycles. The maximum atomic E-state index is 10.8. The van der Waals surface area contributed by atoms with Gasteiger partial charge in [-0.1, -0.05) is 0 Å². The van der Waals surface area contributed by atoms with Crippen LogP contribution in [-0.4, -0.2) is 25.2 Å². The Morgan fingerprint density at radius 2 is 2.55 bits per heavy atom. The number of hydrogen-bond donors (Lipinski definition) is 1. The number of hydrogen-bond acceptors (Lipinski definition) is 3. The summed E-state index contributed by atoms with van der Waals surface area (Å²) in [5.41, 5.74) is 0. The van der Waals surface area contributed by atoms with Crippen LogP contribution in [0.4, 0.5) is 0 Å². The molecule has 1 rings (SSSR count). The van der Waals surface area contributed by atoms with E-state index in [1.54, 1.807) is 0 Å². The molecule has 2 atom stereocenters. The van der Waals surface area contributed by atoms with Gasteiger partial charge in [-0.2, -0.15) is 0 Å². The van der Waals surface area contributed by atoms with Gasteiger partial charge in [0.25, 0.3) is 0 Å². The van der Waals surface area contributed by atoms with Gasteiger partial charge in [-0.05, 0) is 0 Å². The van der Waals surface area contributed by atoms with Crippen molar-refractivity contribution in [1.29, 1.82) is 0 Å². The molecule has 0 aliphatic carbocycles. The third kappa shape index (κ3) is 2.48. The van der Waals surface area contributed by atoms with E-state index in [-0.39, 0.29) is 12.0 Å². The summed E-state index contributed by atoms with van der Waals surface area (Å²) in [7, 11) is 0. The van der Waals surface area contributed by atoms with Gasteiger partial charge in [0.2, 0.25) is 0 Å². The lowest BCUT2D eigenvalue weighted by Gasteiger charge is -2.40. The minimum atomic E-state index is -0.267. The van der Waals surface area contributed by atoms with Gasteiger partial charge in [-0.25, -0.2) is 0 Å². The zero-order chi connectivity index (χ0) is 8.27. The number of carbonyl (C=O) groups excluding carboxylic acids is 1. The summed E-state index contributed by atoms with van der Waals surface area (Å²) in [6.07, 6.45) is 1.68. The molecule has 4 nitrogen and oxygen atoms in total. The Kier molecular flexibility index (Phi) is 2.84. The lowest BCUT2D eigenvalue weighted by atomic mass is 10.0. The Morgan fingerprint density at radius 3 is 2.91 bits per heavy atom. The summed E-state index contributed by atoms with van der Waals surface area (Å²) >= 11 is 0. The van der Waals surface area contributed by atoms with Gasteiger partial charge >= 0.3 is 5.97 Å². The minimum absolute atomic E-state index is 0.175. The average Bonchev–Trinajstić information content (AvgIpc) is 1.94. The van der Waals surface area contributed by atoms with Crippen LogP contribution in [0, 0.1) is 5.21 Å². The Bertz CT molecular complexity index is 149. The molecule has 0 bridgehead atoms. The van der Waals surface area contributed by atoms with Crippen molar-refractivity contribution in [3.63, 3.8) is 0 Å². The molecule has 0 radical (unpaired) electrons. The molecule has 4 heteroatoms. The van der Waals surface area contributed by atoms with Crippen molar-refractivity contribution in [2.24, 2.45) is 0 Å². The summed E-state index contributed by atoms with van der Waals surface area (Å²) in [6, 6.07) is 0.175. The summed E-state index contributed by atoms with van der Waals surface area (Å²) in [4.78, 5) is 10.3. The first kappa shape index (κ1) is 8.49. The molecule has 0 aromatic carbocycles. The highest BCUT2D eigenvalue weighted by atomic mass is 16.5. The molecular weight excluding hydrogens is 146 g/mol. The van der Waals surface area contributed by atoms with Gasteiger partial charge in [-0.3, -0.25) is 4.79 Å². The summed E-state index contributed by atoms with van der Waals surface area (Å²) in [5.74, 6) is -0.267. The predicted octanol–water partition coefficient (Wildman–Crippen LogP) is -0.905.